The molecule has 0 aliphatic rings. The van der Waals surface area contributed by atoms with Gasteiger partial charge in [0.2, 0.25) is 5.43 Å². The van der Waals surface area contributed by atoms with Crippen molar-refractivity contribution in [2.45, 2.75) is 6.92 Å². The van der Waals surface area contributed by atoms with Gasteiger partial charge in [-0.15, -0.1) is 0 Å². The van der Waals surface area contributed by atoms with Crippen molar-refractivity contribution in [3.63, 3.8) is 0 Å². The van der Waals surface area contributed by atoms with Crippen LogP contribution in [0.25, 0.3) is 0 Å². The number of benzene rings is 1. The molecule has 6 nitrogen and oxygen atoms in total. The van der Waals surface area contributed by atoms with Gasteiger partial charge in [-0.3, -0.25) is 9.59 Å². The minimum atomic E-state index is -0.392. The second kappa shape index (κ2) is 7.19. The average Bonchev–Trinajstić information content (AvgIpc) is 2.51. The molecule has 2 rings (SSSR count). The van der Waals surface area contributed by atoms with Gasteiger partial charge in [0.1, 0.15) is 5.75 Å². The first kappa shape index (κ1) is 16.9. The molecule has 0 aliphatic carbocycles. The van der Waals surface area contributed by atoms with Crippen LogP contribution in [0.15, 0.2) is 35.3 Å². The lowest BCUT2D eigenvalue weighted by molar-refractivity contribution is -0.118. The molecule has 0 saturated heterocycles. The number of amides is 1. The Bertz CT molecular complexity index is 786. The van der Waals surface area contributed by atoms with E-state index in [1.807, 2.05) is 0 Å². The monoisotopic (exact) mass is 336 g/mol. The number of aromatic nitrogens is 1. The van der Waals surface area contributed by atoms with Crippen molar-refractivity contribution in [3.05, 3.63) is 51.4 Å². The summed E-state index contributed by atoms with van der Waals surface area (Å²) < 4.78 is 12.1. The molecule has 0 saturated carbocycles. The molecule has 0 fully saturated rings. The molecule has 0 spiro atoms. The van der Waals surface area contributed by atoms with Gasteiger partial charge in [0.15, 0.2) is 12.4 Å². The number of nitrogens with zero attached hydrogens (tertiary/aromatic N) is 1. The van der Waals surface area contributed by atoms with Gasteiger partial charge in [-0.1, -0.05) is 11.6 Å². The molecule has 0 atom stereocenters. The predicted molar refractivity (Wildman–Crippen MR) is 88.5 cm³/mol. The largest absolute Gasteiger partial charge is 0.495 e. The Morgan fingerprint density at radius 2 is 2.09 bits per heavy atom. The van der Waals surface area contributed by atoms with Crippen LogP contribution in [-0.4, -0.2) is 24.2 Å². The van der Waals surface area contributed by atoms with E-state index in [0.717, 1.165) is 0 Å². The quantitative estimate of drug-likeness (QED) is 0.910. The lowest BCUT2D eigenvalue weighted by Crippen LogP contribution is -2.23. The molecule has 0 radical (unpaired) electrons. The first-order valence-corrected chi connectivity index (χ1v) is 7.22. The Labute approximate surface area is 138 Å². The zero-order valence-corrected chi connectivity index (χ0v) is 13.8. The Kier molecular flexibility index (Phi) is 5.28. The standard InChI is InChI=1S/C16H17ClN2O4/c1-10-16(13(20)6-7-19(10)2)23-9-15(21)18-11-4-5-14(22-3)12(17)8-11/h4-8H,9H2,1-3H3,(H,18,21). The maximum atomic E-state index is 11.9. The van der Waals surface area contributed by atoms with Crippen LogP contribution in [0.2, 0.25) is 5.02 Å². The van der Waals surface area contributed by atoms with E-state index in [9.17, 15) is 9.59 Å². The molecule has 1 aromatic carbocycles. The van der Waals surface area contributed by atoms with Crippen molar-refractivity contribution in [3.8, 4) is 11.5 Å². The summed E-state index contributed by atoms with van der Waals surface area (Å²) in [5.74, 6) is 0.291. The molecule has 23 heavy (non-hydrogen) atoms. The van der Waals surface area contributed by atoms with E-state index < -0.39 is 5.91 Å². The molecule has 2 aromatic rings. The maximum Gasteiger partial charge on any atom is 0.262 e. The number of pyridine rings is 1. The fourth-order valence-electron chi connectivity index (χ4n) is 1.96. The molecule has 0 bridgehead atoms. The number of ether oxygens (including phenoxy) is 2. The molecule has 1 aromatic heterocycles. The van der Waals surface area contributed by atoms with E-state index in [1.165, 1.54) is 13.2 Å². The lowest BCUT2D eigenvalue weighted by atomic mass is 10.3. The van der Waals surface area contributed by atoms with Crippen LogP contribution in [0.4, 0.5) is 5.69 Å². The van der Waals surface area contributed by atoms with Crippen LogP contribution < -0.4 is 20.2 Å². The average molecular weight is 337 g/mol. The summed E-state index contributed by atoms with van der Waals surface area (Å²) in [7, 11) is 3.30. The summed E-state index contributed by atoms with van der Waals surface area (Å²) in [4.78, 5) is 23.7. The van der Waals surface area contributed by atoms with Crippen molar-refractivity contribution in [1.29, 1.82) is 0 Å². The summed E-state index contributed by atoms with van der Waals surface area (Å²) in [5, 5.41) is 3.03. The molecule has 122 valence electrons. The van der Waals surface area contributed by atoms with E-state index in [2.05, 4.69) is 5.32 Å². The van der Waals surface area contributed by atoms with Crippen molar-refractivity contribution < 1.29 is 14.3 Å². The van der Waals surface area contributed by atoms with Crippen LogP contribution in [0.5, 0.6) is 11.5 Å². The Hall–Kier alpha value is -2.47. The van der Waals surface area contributed by atoms with E-state index in [1.54, 1.807) is 42.9 Å². The Balaban J connectivity index is 2.02. The lowest BCUT2D eigenvalue weighted by Gasteiger charge is -2.12. The number of carbonyl (C=O) groups is 1. The maximum absolute atomic E-state index is 11.9. The highest BCUT2D eigenvalue weighted by atomic mass is 35.5. The van der Waals surface area contributed by atoms with E-state index in [0.29, 0.717) is 22.2 Å². The van der Waals surface area contributed by atoms with Crippen LogP contribution in [0.1, 0.15) is 5.69 Å². The van der Waals surface area contributed by atoms with Gasteiger partial charge in [0.05, 0.1) is 17.8 Å². The number of hydrogen-bond donors (Lipinski definition) is 1. The Morgan fingerprint density at radius 1 is 1.35 bits per heavy atom. The van der Waals surface area contributed by atoms with Crippen molar-refractivity contribution in [1.82, 2.24) is 4.57 Å². The van der Waals surface area contributed by atoms with Crippen molar-refractivity contribution in [2.24, 2.45) is 7.05 Å². The first-order chi connectivity index (χ1) is 10.9. The zero-order chi connectivity index (χ0) is 17.0. The minimum Gasteiger partial charge on any atom is -0.495 e. The normalized spacial score (nSPS) is 10.3. The topological polar surface area (TPSA) is 69.6 Å². The van der Waals surface area contributed by atoms with Gasteiger partial charge in [-0.2, -0.15) is 0 Å². The van der Waals surface area contributed by atoms with Gasteiger partial charge in [0, 0.05) is 25.0 Å². The molecule has 1 N–H and O–H groups in total. The third kappa shape index (κ3) is 4.04. The molecular formula is C16H17ClN2O4. The zero-order valence-electron chi connectivity index (χ0n) is 13.1. The predicted octanol–water partition coefficient (Wildman–Crippen LogP) is 2.37. The summed E-state index contributed by atoms with van der Waals surface area (Å²) in [6.07, 6.45) is 1.64. The Morgan fingerprint density at radius 3 is 2.74 bits per heavy atom. The number of rotatable bonds is 5. The molecule has 1 amide bonds. The van der Waals surface area contributed by atoms with Gasteiger partial charge in [0.25, 0.3) is 5.91 Å². The van der Waals surface area contributed by atoms with Gasteiger partial charge < -0.3 is 19.4 Å². The molecular weight excluding hydrogens is 320 g/mol. The summed E-state index contributed by atoms with van der Waals surface area (Å²) in [6, 6.07) is 6.28. The summed E-state index contributed by atoms with van der Waals surface area (Å²) in [5.41, 5.74) is 0.903. The first-order valence-electron chi connectivity index (χ1n) is 6.85. The van der Waals surface area contributed by atoms with Crippen molar-refractivity contribution >= 4 is 23.2 Å². The fourth-order valence-corrected chi connectivity index (χ4v) is 2.22. The smallest absolute Gasteiger partial charge is 0.262 e. The number of halogens is 1. The second-order valence-electron chi connectivity index (χ2n) is 4.89. The third-order valence-electron chi connectivity index (χ3n) is 3.31. The molecule has 7 heteroatoms. The van der Waals surface area contributed by atoms with E-state index in [-0.39, 0.29) is 17.8 Å². The summed E-state index contributed by atoms with van der Waals surface area (Å²) >= 11 is 5.99. The van der Waals surface area contributed by atoms with E-state index >= 15 is 0 Å². The van der Waals surface area contributed by atoms with Crippen molar-refractivity contribution in [2.75, 3.05) is 19.0 Å². The number of carbonyl (C=O) groups excluding carboxylic acids is 1. The number of nitrogens with one attached hydrogen (secondary N) is 1. The number of aryl methyl sites for hydroxylation is 1. The van der Waals surface area contributed by atoms with Gasteiger partial charge >= 0.3 is 0 Å². The number of anilines is 1. The SMILES string of the molecule is COc1ccc(NC(=O)COc2c(C)n(C)ccc2=O)cc1Cl. The van der Waals surface area contributed by atoms with Gasteiger partial charge in [-0.25, -0.2) is 0 Å². The highest BCUT2D eigenvalue weighted by molar-refractivity contribution is 6.32. The van der Waals surface area contributed by atoms with Crippen LogP contribution in [0, 0.1) is 6.92 Å². The molecule has 1 heterocycles. The second-order valence-corrected chi connectivity index (χ2v) is 5.30. The van der Waals surface area contributed by atoms with Crippen LogP contribution in [-0.2, 0) is 11.8 Å². The molecule has 0 unspecified atom stereocenters. The minimum absolute atomic E-state index is 0.165. The van der Waals surface area contributed by atoms with E-state index in [4.69, 9.17) is 21.1 Å². The third-order valence-corrected chi connectivity index (χ3v) is 3.61. The van der Waals surface area contributed by atoms with Gasteiger partial charge in [-0.05, 0) is 25.1 Å². The highest BCUT2D eigenvalue weighted by Crippen LogP contribution is 2.27. The highest BCUT2D eigenvalue weighted by Gasteiger charge is 2.11. The number of hydrogen-bond acceptors (Lipinski definition) is 4. The summed E-state index contributed by atoms with van der Waals surface area (Å²) in [6.45, 7) is 1.47. The number of methoxy groups -OCH3 is 1. The van der Waals surface area contributed by atoms with Crippen LogP contribution in [0.3, 0.4) is 0 Å². The fraction of sp³-hybridized carbons (Fsp3) is 0.250. The molecule has 0 aliphatic heterocycles. The van der Waals surface area contributed by atoms with Crippen LogP contribution >= 0.6 is 11.6 Å².